The second-order valence-electron chi connectivity index (χ2n) is 6.48. The van der Waals surface area contributed by atoms with Gasteiger partial charge in [0.1, 0.15) is 12.1 Å². The van der Waals surface area contributed by atoms with Crippen molar-refractivity contribution in [2.75, 3.05) is 13.1 Å². The minimum Gasteiger partial charge on any atom is -0.480 e. The summed E-state index contributed by atoms with van der Waals surface area (Å²) >= 11 is 0. The van der Waals surface area contributed by atoms with E-state index in [1.165, 1.54) is 6.92 Å². The SMILES string of the molecule is CC(N)C(=O)NCC(=O)NC(CCCCN)C(=O)NC(C(=O)O)C(C)C. The largest absolute Gasteiger partial charge is 0.480 e. The van der Waals surface area contributed by atoms with Gasteiger partial charge in [-0.1, -0.05) is 13.8 Å². The quantitative estimate of drug-likeness (QED) is 0.221. The average Bonchev–Trinajstić information content (AvgIpc) is 2.55. The highest BCUT2D eigenvalue weighted by Gasteiger charge is 2.28. The van der Waals surface area contributed by atoms with Gasteiger partial charge in [0.25, 0.3) is 0 Å². The lowest BCUT2D eigenvalue weighted by Crippen LogP contribution is -2.54. The minimum absolute atomic E-state index is 0.306. The van der Waals surface area contributed by atoms with Crippen molar-refractivity contribution in [1.29, 1.82) is 0 Å². The Kier molecular flexibility index (Phi) is 11.2. The molecule has 0 spiro atoms. The van der Waals surface area contributed by atoms with E-state index in [0.717, 1.165) is 0 Å². The maximum absolute atomic E-state index is 12.4. The standard InChI is InChI=1S/C16H31N5O5/c1-9(2)13(16(25)26)21-15(24)11(6-4-5-7-17)20-12(22)8-19-14(23)10(3)18/h9-11,13H,4-8,17-18H2,1-3H3,(H,19,23)(H,20,22)(H,21,24)(H,25,26). The number of hydrogen-bond donors (Lipinski definition) is 6. The van der Waals surface area contributed by atoms with Crippen molar-refractivity contribution in [2.24, 2.45) is 17.4 Å². The first-order valence-electron chi connectivity index (χ1n) is 8.66. The zero-order valence-electron chi connectivity index (χ0n) is 15.6. The number of carboxylic acids is 1. The summed E-state index contributed by atoms with van der Waals surface area (Å²) in [4.78, 5) is 47.0. The van der Waals surface area contributed by atoms with Gasteiger partial charge in [0.05, 0.1) is 12.6 Å². The lowest BCUT2D eigenvalue weighted by atomic mass is 10.0. The van der Waals surface area contributed by atoms with E-state index in [1.807, 2.05) is 0 Å². The Bertz CT molecular complexity index is 495. The molecule has 3 unspecified atom stereocenters. The van der Waals surface area contributed by atoms with Crippen LogP contribution in [0.3, 0.4) is 0 Å². The molecule has 0 fully saturated rings. The molecule has 3 atom stereocenters. The molecule has 0 aliphatic carbocycles. The van der Waals surface area contributed by atoms with Crippen LogP contribution in [0.2, 0.25) is 0 Å². The molecule has 0 aromatic heterocycles. The highest BCUT2D eigenvalue weighted by Crippen LogP contribution is 2.05. The summed E-state index contributed by atoms with van der Waals surface area (Å²) in [7, 11) is 0. The molecular weight excluding hydrogens is 342 g/mol. The topological polar surface area (TPSA) is 177 Å². The molecular formula is C16H31N5O5. The fourth-order valence-electron chi connectivity index (χ4n) is 2.10. The number of amides is 3. The van der Waals surface area contributed by atoms with Crippen LogP contribution in [0, 0.1) is 5.92 Å². The van der Waals surface area contributed by atoms with Crippen molar-refractivity contribution in [2.45, 2.75) is 58.2 Å². The van der Waals surface area contributed by atoms with Crippen molar-refractivity contribution in [3.8, 4) is 0 Å². The Morgan fingerprint density at radius 2 is 1.62 bits per heavy atom. The number of carbonyl (C=O) groups is 4. The van der Waals surface area contributed by atoms with Gasteiger partial charge in [0, 0.05) is 0 Å². The number of rotatable bonds is 12. The van der Waals surface area contributed by atoms with Gasteiger partial charge in [0.2, 0.25) is 17.7 Å². The third-order valence-electron chi connectivity index (χ3n) is 3.67. The summed E-state index contributed by atoms with van der Waals surface area (Å²) in [5.41, 5.74) is 10.8. The molecule has 10 nitrogen and oxygen atoms in total. The molecule has 0 bridgehead atoms. The van der Waals surface area contributed by atoms with Crippen LogP contribution in [0.15, 0.2) is 0 Å². The zero-order chi connectivity index (χ0) is 20.3. The van der Waals surface area contributed by atoms with Crippen LogP contribution >= 0.6 is 0 Å². The Hall–Kier alpha value is -2.20. The Balaban J connectivity index is 4.86. The molecule has 26 heavy (non-hydrogen) atoms. The first-order chi connectivity index (χ1) is 12.1. The highest BCUT2D eigenvalue weighted by atomic mass is 16.4. The summed E-state index contributed by atoms with van der Waals surface area (Å²) in [5.74, 6) is -3.11. The summed E-state index contributed by atoms with van der Waals surface area (Å²) in [6.07, 6.45) is 1.55. The second-order valence-corrected chi connectivity index (χ2v) is 6.48. The number of aliphatic carboxylic acids is 1. The van der Waals surface area contributed by atoms with Crippen molar-refractivity contribution in [3.05, 3.63) is 0 Å². The number of nitrogens with one attached hydrogen (secondary N) is 3. The molecule has 0 aromatic carbocycles. The summed E-state index contributed by atoms with van der Waals surface area (Å²) in [5, 5.41) is 16.5. The van der Waals surface area contributed by atoms with E-state index >= 15 is 0 Å². The molecule has 10 heteroatoms. The maximum Gasteiger partial charge on any atom is 0.326 e. The van der Waals surface area contributed by atoms with Crippen LogP contribution in [0.1, 0.15) is 40.0 Å². The van der Waals surface area contributed by atoms with E-state index in [0.29, 0.717) is 25.8 Å². The fourth-order valence-corrected chi connectivity index (χ4v) is 2.10. The van der Waals surface area contributed by atoms with Crippen LogP contribution in [-0.4, -0.2) is 60.0 Å². The molecule has 0 saturated heterocycles. The van der Waals surface area contributed by atoms with Gasteiger partial charge in [-0.15, -0.1) is 0 Å². The van der Waals surface area contributed by atoms with E-state index < -0.39 is 41.8 Å². The zero-order valence-corrected chi connectivity index (χ0v) is 15.6. The molecule has 150 valence electrons. The van der Waals surface area contributed by atoms with E-state index in [4.69, 9.17) is 11.5 Å². The van der Waals surface area contributed by atoms with Gasteiger partial charge < -0.3 is 32.5 Å². The predicted octanol–water partition coefficient (Wildman–Crippen LogP) is -1.71. The molecule has 0 aromatic rings. The lowest BCUT2D eigenvalue weighted by molar-refractivity contribution is -0.143. The van der Waals surface area contributed by atoms with Crippen LogP contribution in [0.5, 0.6) is 0 Å². The van der Waals surface area contributed by atoms with Gasteiger partial charge in [-0.2, -0.15) is 0 Å². The molecule has 8 N–H and O–H groups in total. The number of unbranched alkanes of at least 4 members (excludes halogenated alkanes) is 1. The summed E-state index contributed by atoms with van der Waals surface area (Å²) in [6, 6.07) is -2.73. The Labute approximate surface area is 153 Å². The number of carbonyl (C=O) groups excluding carboxylic acids is 3. The van der Waals surface area contributed by atoms with Crippen LogP contribution in [-0.2, 0) is 19.2 Å². The third-order valence-corrected chi connectivity index (χ3v) is 3.67. The van der Waals surface area contributed by atoms with Gasteiger partial charge in [-0.05, 0) is 38.6 Å². The van der Waals surface area contributed by atoms with Gasteiger partial charge in [0.15, 0.2) is 0 Å². The highest BCUT2D eigenvalue weighted by molar-refractivity contribution is 5.92. The molecule has 0 heterocycles. The number of nitrogens with two attached hydrogens (primary N) is 2. The maximum atomic E-state index is 12.4. The van der Waals surface area contributed by atoms with E-state index in [2.05, 4.69) is 16.0 Å². The number of hydrogen-bond acceptors (Lipinski definition) is 6. The van der Waals surface area contributed by atoms with Crippen LogP contribution < -0.4 is 27.4 Å². The van der Waals surface area contributed by atoms with Crippen LogP contribution in [0.4, 0.5) is 0 Å². The second kappa shape index (κ2) is 12.2. The first-order valence-corrected chi connectivity index (χ1v) is 8.66. The van der Waals surface area contributed by atoms with Crippen molar-refractivity contribution in [3.63, 3.8) is 0 Å². The number of carboxylic acid groups (broad SMARTS) is 1. The van der Waals surface area contributed by atoms with Crippen molar-refractivity contribution >= 4 is 23.7 Å². The smallest absolute Gasteiger partial charge is 0.326 e. The van der Waals surface area contributed by atoms with Crippen LogP contribution in [0.25, 0.3) is 0 Å². The van der Waals surface area contributed by atoms with Crippen molar-refractivity contribution < 1.29 is 24.3 Å². The predicted molar refractivity (Wildman–Crippen MR) is 95.9 cm³/mol. The molecule has 0 rings (SSSR count). The Morgan fingerprint density at radius 3 is 2.08 bits per heavy atom. The molecule has 0 radical (unpaired) electrons. The van der Waals surface area contributed by atoms with Crippen molar-refractivity contribution in [1.82, 2.24) is 16.0 Å². The molecule has 0 saturated carbocycles. The minimum atomic E-state index is -1.15. The average molecular weight is 373 g/mol. The Morgan fingerprint density at radius 1 is 1.00 bits per heavy atom. The first kappa shape index (κ1) is 23.8. The lowest BCUT2D eigenvalue weighted by Gasteiger charge is -2.23. The molecule has 0 aliphatic rings. The third kappa shape index (κ3) is 9.33. The van der Waals surface area contributed by atoms with Gasteiger partial charge in [-0.3, -0.25) is 14.4 Å². The van der Waals surface area contributed by atoms with E-state index in [-0.39, 0.29) is 12.5 Å². The fraction of sp³-hybridized carbons (Fsp3) is 0.750. The van der Waals surface area contributed by atoms with E-state index in [9.17, 15) is 24.3 Å². The van der Waals surface area contributed by atoms with Gasteiger partial charge >= 0.3 is 5.97 Å². The summed E-state index contributed by atoms with van der Waals surface area (Å²) in [6.45, 7) is 4.94. The van der Waals surface area contributed by atoms with E-state index in [1.54, 1.807) is 13.8 Å². The van der Waals surface area contributed by atoms with Gasteiger partial charge in [-0.25, -0.2) is 4.79 Å². The molecule has 0 aliphatic heterocycles. The normalized spacial score (nSPS) is 14.2. The molecule has 3 amide bonds. The summed E-state index contributed by atoms with van der Waals surface area (Å²) < 4.78 is 0. The monoisotopic (exact) mass is 373 g/mol.